The van der Waals surface area contributed by atoms with Crippen molar-refractivity contribution in [2.45, 2.75) is 24.6 Å². The number of benzene rings is 1. The van der Waals surface area contributed by atoms with Crippen LogP contribution >= 0.6 is 0 Å². The number of piperidine rings is 1. The number of nitrogens with zero attached hydrogens (tertiary/aromatic N) is 2. The van der Waals surface area contributed by atoms with Crippen LogP contribution in [0.2, 0.25) is 0 Å². The third kappa shape index (κ3) is 3.14. The van der Waals surface area contributed by atoms with Crippen molar-refractivity contribution in [3.63, 3.8) is 0 Å². The van der Waals surface area contributed by atoms with E-state index in [1.165, 1.54) is 0 Å². The van der Waals surface area contributed by atoms with Crippen LogP contribution in [0, 0.1) is 0 Å². The molecule has 104 valence electrons. The molecule has 5 nitrogen and oxygen atoms in total. The third-order valence-corrected chi connectivity index (χ3v) is 5.54. The van der Waals surface area contributed by atoms with Gasteiger partial charge in [-0.1, -0.05) is 30.3 Å². The van der Waals surface area contributed by atoms with Crippen molar-refractivity contribution in [3.8, 4) is 0 Å². The molecule has 6 heteroatoms. The largest absolute Gasteiger partial charge is 0.278 e. The average molecular weight is 282 g/mol. The molecule has 0 radical (unpaired) electrons. The molecular weight excluding hydrogens is 264 g/mol. The van der Waals surface area contributed by atoms with Crippen LogP contribution in [0.15, 0.2) is 30.3 Å². The standard InChI is InChI=1S/C13H18N2O3S/c16-19(17,10-12-4-2-1-3-5-12)14-8-6-13(7-9-14)15-11-18-15/h1-5,13H,6-11H2. The van der Waals surface area contributed by atoms with Crippen molar-refractivity contribution >= 4 is 10.0 Å². The first kappa shape index (κ1) is 13.1. The van der Waals surface area contributed by atoms with E-state index in [-0.39, 0.29) is 5.75 Å². The molecule has 0 amide bonds. The molecule has 2 heterocycles. The van der Waals surface area contributed by atoms with E-state index >= 15 is 0 Å². The maximum absolute atomic E-state index is 12.3. The summed E-state index contributed by atoms with van der Waals surface area (Å²) in [6, 6.07) is 9.74. The Balaban J connectivity index is 1.61. The van der Waals surface area contributed by atoms with E-state index in [4.69, 9.17) is 4.84 Å². The fourth-order valence-electron chi connectivity index (χ4n) is 2.53. The molecule has 2 aliphatic heterocycles. The Morgan fingerprint density at radius 2 is 1.79 bits per heavy atom. The summed E-state index contributed by atoms with van der Waals surface area (Å²) in [4.78, 5) is 5.13. The van der Waals surface area contributed by atoms with Crippen LogP contribution in [-0.4, -0.2) is 43.6 Å². The van der Waals surface area contributed by atoms with E-state index in [1.54, 1.807) is 4.31 Å². The predicted octanol–water partition coefficient (Wildman–Crippen LogP) is 1.19. The van der Waals surface area contributed by atoms with Gasteiger partial charge in [-0.3, -0.25) is 4.84 Å². The zero-order valence-corrected chi connectivity index (χ0v) is 11.6. The summed E-state index contributed by atoms with van der Waals surface area (Å²) < 4.78 is 26.3. The quantitative estimate of drug-likeness (QED) is 0.778. The molecule has 0 N–H and O–H groups in total. The van der Waals surface area contributed by atoms with Gasteiger partial charge in [0.15, 0.2) is 0 Å². The van der Waals surface area contributed by atoms with Crippen molar-refractivity contribution < 1.29 is 13.3 Å². The molecule has 1 atom stereocenters. The van der Waals surface area contributed by atoms with E-state index in [1.807, 2.05) is 35.4 Å². The van der Waals surface area contributed by atoms with Crippen LogP contribution in [0.1, 0.15) is 18.4 Å². The fraction of sp³-hybridized carbons (Fsp3) is 0.538. The topological polar surface area (TPSA) is 52.9 Å². The zero-order valence-electron chi connectivity index (χ0n) is 10.7. The second-order valence-electron chi connectivity index (χ2n) is 5.05. The average Bonchev–Trinajstić information content (AvgIpc) is 3.24. The summed E-state index contributed by atoms with van der Waals surface area (Å²) in [6.07, 6.45) is 1.71. The van der Waals surface area contributed by atoms with Gasteiger partial charge in [0.05, 0.1) is 5.75 Å². The molecule has 1 aromatic rings. The van der Waals surface area contributed by atoms with Crippen molar-refractivity contribution in [3.05, 3.63) is 35.9 Å². The molecule has 1 aromatic carbocycles. The second-order valence-corrected chi connectivity index (χ2v) is 7.02. The summed E-state index contributed by atoms with van der Waals surface area (Å²) >= 11 is 0. The van der Waals surface area contributed by atoms with Gasteiger partial charge in [0.25, 0.3) is 0 Å². The first-order chi connectivity index (χ1) is 9.15. The number of hydrogen-bond donors (Lipinski definition) is 0. The molecule has 0 aliphatic carbocycles. The SMILES string of the molecule is O=S(=O)(Cc1ccccc1)N1CCC(N2CO2)CC1. The third-order valence-electron chi connectivity index (χ3n) is 3.69. The highest BCUT2D eigenvalue weighted by Crippen LogP contribution is 2.25. The van der Waals surface area contributed by atoms with E-state index < -0.39 is 10.0 Å². The number of sulfonamides is 1. The minimum Gasteiger partial charge on any atom is -0.278 e. The lowest BCUT2D eigenvalue weighted by molar-refractivity contribution is 0.109. The van der Waals surface area contributed by atoms with Gasteiger partial charge in [0, 0.05) is 19.1 Å². The lowest BCUT2D eigenvalue weighted by atomic mass is 10.1. The van der Waals surface area contributed by atoms with Crippen LogP contribution in [-0.2, 0) is 20.6 Å². The zero-order chi connectivity index (χ0) is 13.3. The minimum atomic E-state index is -3.19. The molecule has 0 saturated carbocycles. The minimum absolute atomic E-state index is 0.0960. The Hall–Kier alpha value is -0.950. The van der Waals surface area contributed by atoms with Crippen LogP contribution in [0.3, 0.4) is 0 Å². The van der Waals surface area contributed by atoms with E-state index in [2.05, 4.69) is 0 Å². The maximum Gasteiger partial charge on any atom is 0.218 e. The molecule has 19 heavy (non-hydrogen) atoms. The van der Waals surface area contributed by atoms with Gasteiger partial charge in [-0.05, 0) is 18.4 Å². The molecule has 0 spiro atoms. The first-order valence-electron chi connectivity index (χ1n) is 6.56. The Labute approximate surface area is 113 Å². The Bertz CT molecular complexity index is 520. The molecule has 2 fully saturated rings. The van der Waals surface area contributed by atoms with Crippen molar-refractivity contribution in [2.75, 3.05) is 19.8 Å². The molecule has 2 aliphatic rings. The van der Waals surface area contributed by atoms with Crippen LogP contribution in [0.25, 0.3) is 0 Å². The van der Waals surface area contributed by atoms with Gasteiger partial charge >= 0.3 is 0 Å². The fourth-order valence-corrected chi connectivity index (χ4v) is 4.09. The van der Waals surface area contributed by atoms with Crippen molar-refractivity contribution in [1.29, 1.82) is 0 Å². The smallest absolute Gasteiger partial charge is 0.218 e. The first-order valence-corrected chi connectivity index (χ1v) is 8.17. The number of hydroxylamine groups is 2. The molecule has 0 aromatic heterocycles. The van der Waals surface area contributed by atoms with E-state index in [0.29, 0.717) is 25.9 Å². The van der Waals surface area contributed by atoms with Gasteiger partial charge < -0.3 is 0 Å². The maximum atomic E-state index is 12.3. The molecule has 3 rings (SSSR count). The van der Waals surface area contributed by atoms with E-state index in [0.717, 1.165) is 18.4 Å². The highest BCUT2D eigenvalue weighted by Gasteiger charge is 2.35. The molecule has 2 saturated heterocycles. The number of hydrogen-bond acceptors (Lipinski definition) is 4. The van der Waals surface area contributed by atoms with Gasteiger partial charge in [-0.2, -0.15) is 5.06 Å². The summed E-state index contributed by atoms with van der Waals surface area (Å²) in [7, 11) is -3.19. The Kier molecular flexibility index (Phi) is 3.58. The Morgan fingerprint density at radius 3 is 2.37 bits per heavy atom. The van der Waals surface area contributed by atoms with Gasteiger partial charge in [-0.15, -0.1) is 0 Å². The summed E-state index contributed by atoms with van der Waals surface area (Å²) in [5, 5.41) is 1.93. The molecular formula is C13H18N2O3S. The van der Waals surface area contributed by atoms with E-state index in [9.17, 15) is 8.42 Å². The van der Waals surface area contributed by atoms with Crippen molar-refractivity contribution in [2.24, 2.45) is 0 Å². The van der Waals surface area contributed by atoms with Gasteiger partial charge in [0.2, 0.25) is 10.0 Å². The van der Waals surface area contributed by atoms with Gasteiger partial charge in [-0.25, -0.2) is 12.7 Å². The summed E-state index contributed by atoms with van der Waals surface area (Å²) in [6.45, 7) is 1.89. The van der Waals surface area contributed by atoms with Crippen LogP contribution < -0.4 is 0 Å². The highest BCUT2D eigenvalue weighted by atomic mass is 32.2. The van der Waals surface area contributed by atoms with Gasteiger partial charge in [0.1, 0.15) is 6.73 Å². The summed E-state index contributed by atoms with van der Waals surface area (Å²) in [5.74, 6) is 0.0960. The lowest BCUT2D eigenvalue weighted by Crippen LogP contribution is -2.42. The lowest BCUT2D eigenvalue weighted by Gasteiger charge is -2.30. The number of rotatable bonds is 4. The second kappa shape index (κ2) is 5.20. The van der Waals surface area contributed by atoms with Crippen molar-refractivity contribution in [1.82, 2.24) is 9.37 Å². The van der Waals surface area contributed by atoms with Crippen LogP contribution in [0.5, 0.6) is 0 Å². The predicted molar refractivity (Wildman–Crippen MR) is 71.5 cm³/mol. The normalized spacial score (nSPS) is 25.4. The summed E-state index contributed by atoms with van der Waals surface area (Å²) in [5.41, 5.74) is 0.846. The highest BCUT2D eigenvalue weighted by molar-refractivity contribution is 7.88. The molecule has 1 unspecified atom stereocenters. The van der Waals surface area contributed by atoms with Crippen LogP contribution in [0.4, 0.5) is 0 Å². The Morgan fingerprint density at radius 1 is 1.16 bits per heavy atom. The molecule has 0 bridgehead atoms. The monoisotopic (exact) mass is 282 g/mol.